The van der Waals surface area contributed by atoms with Crippen molar-refractivity contribution >= 4 is 0 Å². The molecule has 0 saturated heterocycles. The topological polar surface area (TPSA) is 26.0 Å². The van der Waals surface area contributed by atoms with Gasteiger partial charge in [0.25, 0.3) is 0 Å². The van der Waals surface area contributed by atoms with E-state index in [2.05, 4.69) is 20.8 Å². The number of rotatable bonds is 3. The zero-order valence-electron chi connectivity index (χ0n) is 7.30. The number of nitrogens with two attached hydrogens (primary N) is 1. The Kier molecular flexibility index (Phi) is 2.35. The third kappa shape index (κ3) is 1.98. The predicted octanol–water partition coefficient (Wildman–Crippen LogP) is 2.02. The summed E-state index contributed by atoms with van der Waals surface area (Å²) >= 11 is 0. The molecule has 1 aliphatic carbocycles. The molecule has 1 nitrogen and oxygen atoms in total. The minimum Gasteiger partial charge on any atom is -0.327 e. The van der Waals surface area contributed by atoms with E-state index in [1.54, 1.807) is 0 Å². The molecular weight excluding hydrogens is 122 g/mol. The number of hydrogen-bond acceptors (Lipinski definition) is 1. The molecule has 0 aromatic carbocycles. The maximum absolute atomic E-state index is 5.97. The lowest BCUT2D eigenvalue weighted by atomic mass is 10.0. The first-order valence-corrected chi connectivity index (χ1v) is 4.37. The van der Waals surface area contributed by atoms with Crippen LogP contribution in [-0.2, 0) is 0 Å². The van der Waals surface area contributed by atoms with Crippen LogP contribution in [0.15, 0.2) is 0 Å². The van der Waals surface area contributed by atoms with Gasteiger partial charge in [-0.3, -0.25) is 0 Å². The summed E-state index contributed by atoms with van der Waals surface area (Å²) in [6.45, 7) is 6.78. The van der Waals surface area contributed by atoms with Gasteiger partial charge in [0.15, 0.2) is 0 Å². The molecule has 1 saturated carbocycles. The molecule has 10 heavy (non-hydrogen) atoms. The molecule has 0 spiro atoms. The monoisotopic (exact) mass is 141 g/mol. The highest BCUT2D eigenvalue weighted by Gasteiger charge is 2.37. The van der Waals surface area contributed by atoms with Crippen molar-refractivity contribution in [3.8, 4) is 0 Å². The summed E-state index contributed by atoms with van der Waals surface area (Å²) in [4.78, 5) is 0. The molecule has 1 aliphatic rings. The number of hydrogen-bond donors (Lipinski definition) is 1. The Labute approximate surface area is 64.0 Å². The van der Waals surface area contributed by atoms with Crippen molar-refractivity contribution in [2.24, 2.45) is 23.5 Å². The third-order valence-corrected chi connectivity index (χ3v) is 2.47. The van der Waals surface area contributed by atoms with Crippen molar-refractivity contribution in [1.29, 1.82) is 0 Å². The van der Waals surface area contributed by atoms with Crippen LogP contribution >= 0.6 is 0 Å². The Hall–Kier alpha value is -0.0400. The van der Waals surface area contributed by atoms with E-state index in [1.807, 2.05) is 0 Å². The molecule has 60 valence electrons. The van der Waals surface area contributed by atoms with Gasteiger partial charge in [-0.2, -0.15) is 0 Å². The Morgan fingerprint density at radius 3 is 2.30 bits per heavy atom. The van der Waals surface area contributed by atoms with Gasteiger partial charge in [-0.15, -0.1) is 0 Å². The van der Waals surface area contributed by atoms with Gasteiger partial charge >= 0.3 is 0 Å². The predicted molar refractivity (Wildman–Crippen MR) is 44.7 cm³/mol. The van der Waals surface area contributed by atoms with Crippen LogP contribution in [0, 0.1) is 17.8 Å². The maximum atomic E-state index is 5.97. The second-order valence-electron chi connectivity index (χ2n) is 4.17. The quantitative estimate of drug-likeness (QED) is 0.639. The van der Waals surface area contributed by atoms with Gasteiger partial charge in [-0.05, 0) is 30.6 Å². The van der Waals surface area contributed by atoms with Crippen LogP contribution in [-0.4, -0.2) is 6.04 Å². The molecule has 0 aromatic heterocycles. The first-order chi connectivity index (χ1) is 4.61. The summed E-state index contributed by atoms with van der Waals surface area (Å²) in [5.74, 6) is 2.53. The molecule has 1 heteroatoms. The fraction of sp³-hybridized carbons (Fsp3) is 1.00. The Bertz CT molecular complexity index is 109. The Morgan fingerprint density at radius 2 is 2.00 bits per heavy atom. The molecule has 0 bridgehead atoms. The van der Waals surface area contributed by atoms with Crippen molar-refractivity contribution in [3.63, 3.8) is 0 Å². The largest absolute Gasteiger partial charge is 0.327 e. The lowest BCUT2D eigenvalue weighted by molar-refractivity contribution is 0.446. The first kappa shape index (κ1) is 8.06. The highest BCUT2D eigenvalue weighted by Crippen LogP contribution is 2.41. The van der Waals surface area contributed by atoms with Crippen molar-refractivity contribution in [2.75, 3.05) is 0 Å². The van der Waals surface area contributed by atoms with Gasteiger partial charge in [0.1, 0.15) is 0 Å². The molecule has 1 rings (SSSR count). The minimum atomic E-state index is 0.481. The van der Waals surface area contributed by atoms with Crippen LogP contribution < -0.4 is 5.73 Å². The fourth-order valence-corrected chi connectivity index (χ4v) is 1.67. The Balaban J connectivity index is 2.16. The summed E-state index contributed by atoms with van der Waals surface area (Å²) in [6, 6.07) is 0.481. The lowest BCUT2D eigenvalue weighted by Gasteiger charge is -2.12. The molecule has 0 radical (unpaired) electrons. The summed E-state index contributed by atoms with van der Waals surface area (Å²) in [6.07, 6.45) is 2.57. The van der Waals surface area contributed by atoms with E-state index >= 15 is 0 Å². The van der Waals surface area contributed by atoms with Crippen LogP contribution in [0.2, 0.25) is 0 Å². The maximum Gasteiger partial charge on any atom is 0.00722 e. The zero-order chi connectivity index (χ0) is 7.72. The van der Waals surface area contributed by atoms with Crippen molar-refractivity contribution in [2.45, 2.75) is 39.7 Å². The van der Waals surface area contributed by atoms with Crippen LogP contribution in [0.1, 0.15) is 33.6 Å². The van der Waals surface area contributed by atoms with E-state index in [4.69, 9.17) is 5.73 Å². The standard InChI is InChI=1S/C9H19N/c1-6(2)4-9(10)8-5-7(8)3/h6-9H,4-5,10H2,1-3H3. The first-order valence-electron chi connectivity index (χ1n) is 4.37. The zero-order valence-corrected chi connectivity index (χ0v) is 7.30. The van der Waals surface area contributed by atoms with Gasteiger partial charge in [0.05, 0.1) is 0 Å². The van der Waals surface area contributed by atoms with Crippen LogP contribution in [0.5, 0.6) is 0 Å². The van der Waals surface area contributed by atoms with Crippen LogP contribution in [0.25, 0.3) is 0 Å². The molecular formula is C9H19N. The highest BCUT2D eigenvalue weighted by atomic mass is 14.7. The van der Waals surface area contributed by atoms with Crippen molar-refractivity contribution in [1.82, 2.24) is 0 Å². The van der Waals surface area contributed by atoms with Gasteiger partial charge < -0.3 is 5.73 Å². The van der Waals surface area contributed by atoms with E-state index in [9.17, 15) is 0 Å². The molecule has 0 aliphatic heterocycles. The second-order valence-corrected chi connectivity index (χ2v) is 4.17. The summed E-state index contributed by atoms with van der Waals surface area (Å²) in [7, 11) is 0. The SMILES string of the molecule is CC(C)CC(N)C1CC1C. The van der Waals surface area contributed by atoms with E-state index in [0.29, 0.717) is 6.04 Å². The fourth-order valence-electron chi connectivity index (χ4n) is 1.67. The average molecular weight is 141 g/mol. The normalized spacial score (nSPS) is 34.5. The molecule has 0 amide bonds. The van der Waals surface area contributed by atoms with E-state index in [1.165, 1.54) is 12.8 Å². The van der Waals surface area contributed by atoms with Crippen molar-refractivity contribution < 1.29 is 0 Å². The summed E-state index contributed by atoms with van der Waals surface area (Å²) in [5.41, 5.74) is 5.97. The molecule has 3 unspecified atom stereocenters. The molecule has 1 fully saturated rings. The van der Waals surface area contributed by atoms with E-state index < -0.39 is 0 Å². The van der Waals surface area contributed by atoms with Crippen LogP contribution in [0.3, 0.4) is 0 Å². The lowest BCUT2D eigenvalue weighted by Crippen LogP contribution is -2.24. The summed E-state index contributed by atoms with van der Waals surface area (Å²) in [5, 5.41) is 0. The summed E-state index contributed by atoms with van der Waals surface area (Å²) < 4.78 is 0. The van der Waals surface area contributed by atoms with Crippen molar-refractivity contribution in [3.05, 3.63) is 0 Å². The average Bonchev–Trinajstić information content (AvgIpc) is 2.44. The third-order valence-electron chi connectivity index (χ3n) is 2.47. The van der Waals surface area contributed by atoms with E-state index in [-0.39, 0.29) is 0 Å². The smallest absolute Gasteiger partial charge is 0.00722 e. The molecule has 0 heterocycles. The van der Waals surface area contributed by atoms with Gasteiger partial charge in [-0.1, -0.05) is 20.8 Å². The molecule has 3 atom stereocenters. The van der Waals surface area contributed by atoms with Gasteiger partial charge in [0, 0.05) is 6.04 Å². The van der Waals surface area contributed by atoms with Crippen LogP contribution in [0.4, 0.5) is 0 Å². The van der Waals surface area contributed by atoms with Gasteiger partial charge in [0.2, 0.25) is 0 Å². The molecule has 0 aromatic rings. The second kappa shape index (κ2) is 2.91. The minimum absolute atomic E-state index is 0.481. The highest BCUT2D eigenvalue weighted by molar-refractivity contribution is 4.90. The van der Waals surface area contributed by atoms with Gasteiger partial charge in [-0.25, -0.2) is 0 Å². The van der Waals surface area contributed by atoms with E-state index in [0.717, 1.165) is 17.8 Å². The molecule has 2 N–H and O–H groups in total. The Morgan fingerprint density at radius 1 is 1.50 bits per heavy atom.